The lowest BCUT2D eigenvalue weighted by Crippen LogP contribution is -2.29. The molecule has 1 fully saturated rings. The lowest BCUT2D eigenvalue weighted by molar-refractivity contribution is 0.147. The molecule has 2 atom stereocenters. The van der Waals surface area contributed by atoms with Gasteiger partial charge >= 0.3 is 0 Å². The van der Waals surface area contributed by atoms with E-state index in [0.717, 1.165) is 26.0 Å². The molecule has 1 heterocycles. The van der Waals surface area contributed by atoms with Crippen molar-refractivity contribution in [2.45, 2.75) is 18.5 Å². The Morgan fingerprint density at radius 1 is 1.45 bits per heavy atom. The molecule has 3 nitrogen and oxygen atoms in total. The van der Waals surface area contributed by atoms with Gasteiger partial charge in [0, 0.05) is 0 Å². The zero-order valence-electron chi connectivity index (χ0n) is 11.0. The van der Waals surface area contributed by atoms with Crippen molar-refractivity contribution in [2.75, 3.05) is 7.11 Å². The molecule has 20 heavy (non-hydrogen) atoms. The molecule has 0 amide bonds. The summed E-state index contributed by atoms with van der Waals surface area (Å²) >= 11 is 13.0. The van der Waals surface area contributed by atoms with Gasteiger partial charge in [0.15, 0.2) is 6.23 Å². The Kier molecular flexibility index (Phi) is 5.04. The van der Waals surface area contributed by atoms with Crippen LogP contribution in [0.15, 0.2) is 39.1 Å². The third kappa shape index (κ3) is 3.32. The first-order valence-electron chi connectivity index (χ1n) is 5.93. The molecular weight excluding hydrogens is 409 g/mol. The number of hydrogen-bond acceptors (Lipinski definition) is 3. The van der Waals surface area contributed by atoms with Gasteiger partial charge in [-0.3, -0.25) is 0 Å². The number of nitrogens with one attached hydrogen (secondary N) is 1. The number of ether oxygens (including phenoxy) is 2. The molecule has 0 radical (unpaired) electrons. The Bertz CT molecular complexity index is 549. The van der Waals surface area contributed by atoms with Crippen LogP contribution >= 0.6 is 43.5 Å². The highest BCUT2D eigenvalue weighted by atomic mass is 79.9. The summed E-state index contributed by atoms with van der Waals surface area (Å²) in [6.45, 7) is 5.80. The van der Waals surface area contributed by atoms with E-state index < -0.39 is 0 Å². The Morgan fingerprint density at radius 2 is 2.05 bits per heavy atom. The molecule has 2 rings (SSSR count). The zero-order valence-corrected chi connectivity index (χ0v) is 15.0. The molecule has 1 aliphatic heterocycles. The lowest BCUT2D eigenvalue weighted by atomic mass is 10.2. The summed E-state index contributed by atoms with van der Waals surface area (Å²) in [5.41, 5.74) is 1.69. The highest BCUT2D eigenvalue weighted by Gasteiger charge is 2.27. The molecule has 0 spiro atoms. The number of benzene rings is 1. The first kappa shape index (κ1) is 15.7. The molecule has 0 aromatic heterocycles. The number of hydrogen-bond donors (Lipinski definition) is 1. The molecule has 0 bridgehead atoms. The van der Waals surface area contributed by atoms with Crippen molar-refractivity contribution < 1.29 is 9.47 Å². The van der Waals surface area contributed by atoms with E-state index in [0.29, 0.717) is 5.76 Å². The smallest absolute Gasteiger partial charge is 0.186 e. The van der Waals surface area contributed by atoms with Crippen LogP contribution in [0, 0.1) is 0 Å². The van der Waals surface area contributed by atoms with Crippen molar-refractivity contribution in [1.82, 2.24) is 5.32 Å². The molecule has 1 aliphatic rings. The number of rotatable bonds is 3. The fraction of sp³-hybridized carbons (Fsp3) is 0.286. The molecular formula is C14H14Br2ClNO2. The van der Waals surface area contributed by atoms with Gasteiger partial charge in [0.25, 0.3) is 0 Å². The Labute approximate surface area is 140 Å². The fourth-order valence-corrected chi connectivity index (χ4v) is 3.48. The van der Waals surface area contributed by atoms with Crippen LogP contribution in [0.2, 0.25) is 0 Å². The lowest BCUT2D eigenvalue weighted by Gasteiger charge is -2.12. The molecule has 1 aromatic carbocycles. The normalized spacial score (nSPS) is 21.6. The fourth-order valence-electron chi connectivity index (χ4n) is 1.82. The standard InChI is InChI=1S/C14H14Br2ClNO2/c1-7(17)14-18-8(2)12(20-14)6-9-4-10(15)13(19-3)11(16)5-9/h4-7,14,18H,2H2,1,3H3/b12-6-. The minimum atomic E-state index is -0.249. The van der Waals surface area contributed by atoms with Crippen molar-refractivity contribution in [3.8, 4) is 5.75 Å². The first-order chi connectivity index (χ1) is 9.42. The van der Waals surface area contributed by atoms with Crippen LogP contribution in [0.25, 0.3) is 6.08 Å². The largest absolute Gasteiger partial charge is 0.494 e. The van der Waals surface area contributed by atoms with E-state index in [-0.39, 0.29) is 11.6 Å². The minimum Gasteiger partial charge on any atom is -0.494 e. The molecule has 0 aliphatic carbocycles. The second-order valence-electron chi connectivity index (χ2n) is 4.37. The summed E-state index contributed by atoms with van der Waals surface area (Å²) in [5.74, 6) is 1.44. The number of alkyl halides is 1. The Balaban J connectivity index is 2.30. The summed E-state index contributed by atoms with van der Waals surface area (Å²) < 4.78 is 12.7. The predicted octanol–water partition coefficient (Wildman–Crippen LogP) is 4.65. The van der Waals surface area contributed by atoms with E-state index in [4.69, 9.17) is 21.1 Å². The van der Waals surface area contributed by atoms with E-state index in [9.17, 15) is 0 Å². The second kappa shape index (κ2) is 6.41. The van der Waals surface area contributed by atoms with Gasteiger partial charge in [-0.05, 0) is 62.6 Å². The van der Waals surface area contributed by atoms with Gasteiger partial charge in [0.2, 0.25) is 0 Å². The van der Waals surface area contributed by atoms with E-state index in [2.05, 4.69) is 43.8 Å². The van der Waals surface area contributed by atoms with Crippen LogP contribution < -0.4 is 10.1 Å². The predicted molar refractivity (Wildman–Crippen MR) is 88.8 cm³/mol. The van der Waals surface area contributed by atoms with Crippen molar-refractivity contribution >= 4 is 49.5 Å². The molecule has 2 unspecified atom stereocenters. The molecule has 1 saturated heterocycles. The van der Waals surface area contributed by atoms with Crippen LogP contribution in [-0.2, 0) is 4.74 Å². The maximum atomic E-state index is 6.02. The number of halogens is 3. The maximum absolute atomic E-state index is 6.02. The summed E-state index contributed by atoms with van der Waals surface area (Å²) in [7, 11) is 1.63. The third-order valence-electron chi connectivity index (χ3n) is 2.81. The van der Waals surface area contributed by atoms with Crippen molar-refractivity contribution in [3.63, 3.8) is 0 Å². The van der Waals surface area contributed by atoms with E-state index in [1.54, 1.807) is 7.11 Å². The van der Waals surface area contributed by atoms with Gasteiger partial charge in [-0.25, -0.2) is 0 Å². The van der Waals surface area contributed by atoms with Gasteiger partial charge < -0.3 is 14.8 Å². The molecule has 1 N–H and O–H groups in total. The zero-order chi connectivity index (χ0) is 14.9. The van der Waals surface area contributed by atoms with Gasteiger partial charge in [-0.2, -0.15) is 0 Å². The van der Waals surface area contributed by atoms with Crippen molar-refractivity contribution in [1.29, 1.82) is 0 Å². The van der Waals surface area contributed by atoms with Crippen molar-refractivity contribution in [2.24, 2.45) is 0 Å². The van der Waals surface area contributed by atoms with Crippen LogP contribution in [0.3, 0.4) is 0 Å². The molecule has 6 heteroatoms. The highest BCUT2D eigenvalue weighted by molar-refractivity contribution is 9.11. The monoisotopic (exact) mass is 421 g/mol. The van der Waals surface area contributed by atoms with Crippen LogP contribution in [0.4, 0.5) is 0 Å². The van der Waals surface area contributed by atoms with Crippen LogP contribution in [-0.4, -0.2) is 18.7 Å². The van der Waals surface area contributed by atoms with Gasteiger partial charge in [-0.15, -0.1) is 11.6 Å². The van der Waals surface area contributed by atoms with Crippen LogP contribution in [0.5, 0.6) is 5.75 Å². The molecule has 0 saturated carbocycles. The van der Waals surface area contributed by atoms with Gasteiger partial charge in [0.1, 0.15) is 11.5 Å². The summed E-state index contributed by atoms with van der Waals surface area (Å²) in [6, 6.07) is 3.90. The number of methoxy groups -OCH3 is 1. The summed E-state index contributed by atoms with van der Waals surface area (Å²) in [6.07, 6.45) is 1.66. The van der Waals surface area contributed by atoms with Crippen LogP contribution in [0.1, 0.15) is 12.5 Å². The maximum Gasteiger partial charge on any atom is 0.186 e. The van der Waals surface area contributed by atoms with Gasteiger partial charge in [0.05, 0.1) is 27.1 Å². The topological polar surface area (TPSA) is 30.5 Å². The van der Waals surface area contributed by atoms with E-state index >= 15 is 0 Å². The van der Waals surface area contributed by atoms with Gasteiger partial charge in [-0.1, -0.05) is 6.58 Å². The molecule has 1 aromatic rings. The third-order valence-corrected chi connectivity index (χ3v) is 4.21. The summed E-state index contributed by atoms with van der Waals surface area (Å²) in [4.78, 5) is 0. The Morgan fingerprint density at radius 3 is 2.50 bits per heavy atom. The minimum absolute atomic E-state index is 0.146. The van der Waals surface area contributed by atoms with Crippen molar-refractivity contribution in [3.05, 3.63) is 44.7 Å². The van der Waals surface area contributed by atoms with E-state index in [1.807, 2.05) is 25.1 Å². The highest BCUT2D eigenvalue weighted by Crippen LogP contribution is 2.35. The average Bonchev–Trinajstić information content (AvgIpc) is 2.71. The second-order valence-corrected chi connectivity index (χ2v) is 6.76. The van der Waals surface area contributed by atoms with E-state index in [1.165, 1.54) is 0 Å². The molecule has 108 valence electrons. The Hall–Kier alpha value is -0.650. The summed E-state index contributed by atoms with van der Waals surface area (Å²) in [5, 5.41) is 2.96. The average molecular weight is 424 g/mol. The first-order valence-corrected chi connectivity index (χ1v) is 7.96. The quantitative estimate of drug-likeness (QED) is 0.718. The SMILES string of the molecule is C=C1NC(C(C)Cl)O/C1=C\c1cc(Br)c(OC)c(Br)c1.